The summed E-state index contributed by atoms with van der Waals surface area (Å²) in [7, 11) is 1.46. The smallest absolute Gasteiger partial charge is 0.295 e. The molecule has 5 heteroatoms. The van der Waals surface area contributed by atoms with Crippen LogP contribution < -0.4 is 15.6 Å². The van der Waals surface area contributed by atoms with Gasteiger partial charge >= 0.3 is 0 Å². The van der Waals surface area contributed by atoms with E-state index in [1.54, 1.807) is 0 Å². The number of hydrogen-bond donors (Lipinski definition) is 2. The van der Waals surface area contributed by atoms with Crippen molar-refractivity contribution in [3.63, 3.8) is 0 Å². The maximum absolute atomic E-state index is 11.4. The fourth-order valence-electron chi connectivity index (χ4n) is 1.26. The topological polar surface area (TPSA) is 67.0 Å². The number of rotatable bonds is 4. The van der Waals surface area contributed by atoms with Crippen LogP contribution in [-0.4, -0.2) is 23.6 Å². The Morgan fingerprint density at radius 2 is 2.19 bits per heavy atom. The van der Waals surface area contributed by atoms with Gasteiger partial charge in [0.15, 0.2) is 5.82 Å². The molecule has 1 aromatic rings. The van der Waals surface area contributed by atoms with Crippen LogP contribution in [0, 0.1) is 5.41 Å². The molecule has 0 unspecified atom stereocenters. The summed E-state index contributed by atoms with van der Waals surface area (Å²) in [4.78, 5) is 17.9. The second-order valence-electron chi connectivity index (χ2n) is 4.85. The maximum atomic E-state index is 11.4. The lowest BCUT2D eigenvalue weighted by Gasteiger charge is -2.18. The summed E-state index contributed by atoms with van der Waals surface area (Å²) in [5.41, 5.74) is -0.0164. The first kappa shape index (κ1) is 12.5. The molecular weight excluding hydrogens is 206 g/mol. The molecule has 0 spiro atoms. The number of aromatic amines is 1. The molecule has 1 rings (SSSR count). The largest absolute Gasteiger partial charge is 0.489 e. The predicted molar refractivity (Wildman–Crippen MR) is 64.0 cm³/mol. The maximum Gasteiger partial charge on any atom is 0.295 e. The van der Waals surface area contributed by atoms with Crippen LogP contribution in [0.5, 0.6) is 5.75 Å². The van der Waals surface area contributed by atoms with Gasteiger partial charge in [0, 0.05) is 6.54 Å². The van der Waals surface area contributed by atoms with E-state index in [1.165, 1.54) is 13.4 Å². The fraction of sp³-hybridized carbons (Fsp3) is 0.636. The minimum Gasteiger partial charge on any atom is -0.489 e. The molecule has 90 valence electrons. The van der Waals surface area contributed by atoms with Crippen LogP contribution in [0.15, 0.2) is 11.1 Å². The SMILES string of the molecule is COc1c(NCCC(C)(C)C)nc[nH]c1=O. The molecule has 0 saturated carbocycles. The molecule has 0 aromatic carbocycles. The third-order valence-corrected chi connectivity index (χ3v) is 2.18. The van der Waals surface area contributed by atoms with E-state index in [9.17, 15) is 4.79 Å². The van der Waals surface area contributed by atoms with Gasteiger partial charge in [-0.1, -0.05) is 20.8 Å². The zero-order chi connectivity index (χ0) is 12.2. The van der Waals surface area contributed by atoms with Crippen molar-refractivity contribution >= 4 is 5.82 Å². The zero-order valence-corrected chi connectivity index (χ0v) is 10.3. The molecule has 0 radical (unpaired) electrons. The van der Waals surface area contributed by atoms with E-state index in [0.717, 1.165) is 13.0 Å². The number of hydrogen-bond acceptors (Lipinski definition) is 4. The van der Waals surface area contributed by atoms with Gasteiger partial charge in [-0.05, 0) is 11.8 Å². The Labute approximate surface area is 95.3 Å². The molecular formula is C11H19N3O2. The first-order chi connectivity index (χ1) is 7.44. The van der Waals surface area contributed by atoms with Crippen molar-refractivity contribution in [2.24, 2.45) is 5.41 Å². The number of methoxy groups -OCH3 is 1. The molecule has 0 atom stereocenters. The number of nitrogens with one attached hydrogen (secondary N) is 2. The van der Waals surface area contributed by atoms with E-state index in [2.05, 4.69) is 36.1 Å². The van der Waals surface area contributed by atoms with Crippen molar-refractivity contribution in [3.05, 3.63) is 16.7 Å². The molecule has 0 aliphatic heterocycles. The third kappa shape index (κ3) is 3.56. The monoisotopic (exact) mass is 225 g/mol. The minimum absolute atomic E-state index is 0.233. The summed E-state index contributed by atoms with van der Waals surface area (Å²) in [6, 6.07) is 0. The van der Waals surface area contributed by atoms with Crippen LogP contribution in [0.3, 0.4) is 0 Å². The van der Waals surface area contributed by atoms with E-state index in [4.69, 9.17) is 4.74 Å². The molecule has 0 aliphatic carbocycles. The highest BCUT2D eigenvalue weighted by atomic mass is 16.5. The molecule has 1 heterocycles. The van der Waals surface area contributed by atoms with Gasteiger partial charge in [0.25, 0.3) is 5.56 Å². The highest BCUT2D eigenvalue weighted by Crippen LogP contribution is 2.20. The van der Waals surface area contributed by atoms with Crippen LogP contribution in [0.1, 0.15) is 27.2 Å². The van der Waals surface area contributed by atoms with Crippen molar-refractivity contribution in [2.75, 3.05) is 19.0 Å². The molecule has 2 N–H and O–H groups in total. The molecule has 1 aromatic heterocycles. The Morgan fingerprint density at radius 3 is 2.75 bits per heavy atom. The molecule has 0 saturated heterocycles. The lowest BCUT2D eigenvalue weighted by molar-refractivity contribution is 0.387. The van der Waals surface area contributed by atoms with Crippen LogP contribution >= 0.6 is 0 Å². The van der Waals surface area contributed by atoms with E-state index in [-0.39, 0.29) is 16.7 Å². The van der Waals surface area contributed by atoms with Crippen molar-refractivity contribution in [2.45, 2.75) is 27.2 Å². The number of ether oxygens (including phenoxy) is 1. The van der Waals surface area contributed by atoms with Crippen LogP contribution in [-0.2, 0) is 0 Å². The normalized spacial score (nSPS) is 11.2. The Hall–Kier alpha value is -1.52. The zero-order valence-electron chi connectivity index (χ0n) is 10.3. The second kappa shape index (κ2) is 5.01. The first-order valence-electron chi connectivity index (χ1n) is 5.29. The van der Waals surface area contributed by atoms with E-state index in [1.807, 2.05) is 0 Å². The molecule has 16 heavy (non-hydrogen) atoms. The van der Waals surface area contributed by atoms with Gasteiger partial charge in [0.05, 0.1) is 13.4 Å². The van der Waals surface area contributed by atoms with E-state index >= 15 is 0 Å². The van der Waals surface area contributed by atoms with E-state index < -0.39 is 0 Å². The van der Waals surface area contributed by atoms with Crippen LogP contribution in [0.4, 0.5) is 5.82 Å². The van der Waals surface area contributed by atoms with Gasteiger partial charge in [-0.25, -0.2) is 4.98 Å². The molecule has 0 bridgehead atoms. The first-order valence-corrected chi connectivity index (χ1v) is 5.29. The third-order valence-electron chi connectivity index (χ3n) is 2.18. The summed E-state index contributed by atoms with van der Waals surface area (Å²) >= 11 is 0. The molecule has 0 aliphatic rings. The van der Waals surface area contributed by atoms with Crippen LogP contribution in [0.25, 0.3) is 0 Å². The summed E-state index contributed by atoms with van der Waals surface area (Å²) in [5, 5.41) is 3.11. The number of aromatic nitrogens is 2. The average molecular weight is 225 g/mol. The lowest BCUT2D eigenvalue weighted by atomic mass is 9.92. The Morgan fingerprint density at radius 1 is 1.50 bits per heavy atom. The van der Waals surface area contributed by atoms with Crippen molar-refractivity contribution < 1.29 is 4.74 Å². The van der Waals surface area contributed by atoms with Crippen LogP contribution in [0.2, 0.25) is 0 Å². The highest BCUT2D eigenvalue weighted by molar-refractivity contribution is 5.47. The molecule has 0 fully saturated rings. The van der Waals surface area contributed by atoms with Crippen molar-refractivity contribution in [1.29, 1.82) is 0 Å². The van der Waals surface area contributed by atoms with Gasteiger partial charge in [-0.2, -0.15) is 0 Å². The van der Waals surface area contributed by atoms with Gasteiger partial charge in [-0.3, -0.25) is 4.79 Å². The Balaban J connectivity index is 2.67. The van der Waals surface area contributed by atoms with E-state index in [0.29, 0.717) is 5.82 Å². The average Bonchev–Trinajstić information content (AvgIpc) is 2.16. The second-order valence-corrected chi connectivity index (χ2v) is 4.85. The Bertz CT molecular complexity index is 393. The summed E-state index contributed by atoms with van der Waals surface area (Å²) < 4.78 is 4.99. The Kier molecular flexibility index (Phi) is 3.93. The fourth-order valence-corrected chi connectivity index (χ4v) is 1.26. The standard InChI is InChI=1S/C11H19N3O2/c1-11(2,3)5-6-12-9-8(16-4)10(15)14-7-13-9/h7H,5-6H2,1-4H3,(H2,12,13,14,15). The number of anilines is 1. The minimum atomic E-state index is -0.268. The summed E-state index contributed by atoms with van der Waals surface area (Å²) in [6.45, 7) is 7.25. The lowest BCUT2D eigenvalue weighted by Crippen LogP contribution is -2.17. The van der Waals surface area contributed by atoms with Crippen molar-refractivity contribution in [3.8, 4) is 5.75 Å². The number of H-pyrrole nitrogens is 1. The highest BCUT2D eigenvalue weighted by Gasteiger charge is 2.12. The molecule has 5 nitrogen and oxygen atoms in total. The summed E-state index contributed by atoms with van der Waals surface area (Å²) in [6.07, 6.45) is 2.36. The van der Waals surface area contributed by atoms with Gasteiger partial charge in [0.1, 0.15) is 0 Å². The predicted octanol–water partition coefficient (Wildman–Crippen LogP) is 1.63. The van der Waals surface area contributed by atoms with Gasteiger partial charge < -0.3 is 15.0 Å². The van der Waals surface area contributed by atoms with Crippen molar-refractivity contribution in [1.82, 2.24) is 9.97 Å². The quantitative estimate of drug-likeness (QED) is 0.817. The van der Waals surface area contributed by atoms with Gasteiger partial charge in [0.2, 0.25) is 5.75 Å². The van der Waals surface area contributed by atoms with Gasteiger partial charge in [-0.15, -0.1) is 0 Å². The summed E-state index contributed by atoms with van der Waals surface area (Å²) in [5.74, 6) is 0.729. The number of nitrogens with zero attached hydrogens (tertiary/aromatic N) is 1. The molecule has 0 amide bonds.